The van der Waals surface area contributed by atoms with E-state index in [1.807, 2.05) is 37.3 Å². The van der Waals surface area contributed by atoms with Gasteiger partial charge in [-0.2, -0.15) is 0 Å². The van der Waals surface area contributed by atoms with Gasteiger partial charge in [0.2, 0.25) is 0 Å². The van der Waals surface area contributed by atoms with Crippen molar-refractivity contribution in [1.82, 2.24) is 9.88 Å². The van der Waals surface area contributed by atoms with Crippen LogP contribution in [0.2, 0.25) is 0 Å². The van der Waals surface area contributed by atoms with Crippen LogP contribution in [-0.4, -0.2) is 40.7 Å². The van der Waals surface area contributed by atoms with Crippen molar-refractivity contribution in [2.24, 2.45) is 5.92 Å². The SMILES string of the molecule is CCOc1ccc(C(c2nc3ccccc3s2)N2CCCC(C(=O)O)C2)cc1. The number of ether oxygens (including phenoxy) is 1. The van der Waals surface area contributed by atoms with Crippen molar-refractivity contribution in [1.29, 1.82) is 0 Å². The number of benzene rings is 2. The van der Waals surface area contributed by atoms with Crippen molar-refractivity contribution in [2.45, 2.75) is 25.8 Å². The van der Waals surface area contributed by atoms with Gasteiger partial charge < -0.3 is 9.84 Å². The number of fused-ring (bicyclic) bond motifs is 1. The molecule has 2 atom stereocenters. The van der Waals surface area contributed by atoms with Crippen molar-refractivity contribution in [2.75, 3.05) is 19.7 Å². The van der Waals surface area contributed by atoms with E-state index >= 15 is 0 Å². The number of hydrogen-bond acceptors (Lipinski definition) is 5. The fourth-order valence-electron chi connectivity index (χ4n) is 3.87. The molecule has 1 saturated heterocycles. The number of hydrogen-bond donors (Lipinski definition) is 1. The van der Waals surface area contributed by atoms with Crippen LogP contribution in [0.1, 0.15) is 36.4 Å². The fourth-order valence-corrected chi connectivity index (χ4v) is 5.00. The minimum absolute atomic E-state index is 0.0461. The van der Waals surface area contributed by atoms with Gasteiger partial charge in [-0.25, -0.2) is 4.98 Å². The molecule has 0 bridgehead atoms. The smallest absolute Gasteiger partial charge is 0.307 e. The molecular weight excluding hydrogens is 372 g/mol. The van der Waals surface area contributed by atoms with E-state index in [1.54, 1.807) is 11.3 Å². The molecule has 1 aromatic heterocycles. The van der Waals surface area contributed by atoms with Crippen LogP contribution in [0.15, 0.2) is 48.5 Å². The Kier molecular flexibility index (Phi) is 5.59. The summed E-state index contributed by atoms with van der Waals surface area (Å²) >= 11 is 1.69. The third-order valence-corrected chi connectivity index (χ3v) is 6.31. The number of piperidine rings is 1. The molecule has 1 aliphatic heterocycles. The number of carboxylic acids is 1. The predicted molar refractivity (Wildman–Crippen MR) is 111 cm³/mol. The standard InChI is InChI=1S/C22H24N2O3S/c1-2-27-17-11-9-15(10-12-17)20(24-13-5-6-16(14-24)22(25)26)21-23-18-7-3-4-8-19(18)28-21/h3-4,7-12,16,20H,2,5-6,13-14H2,1H3,(H,25,26). The molecule has 1 fully saturated rings. The van der Waals surface area contributed by atoms with E-state index in [-0.39, 0.29) is 12.0 Å². The molecule has 2 aromatic carbocycles. The fraction of sp³-hybridized carbons (Fsp3) is 0.364. The van der Waals surface area contributed by atoms with Crippen LogP contribution in [0.4, 0.5) is 0 Å². The summed E-state index contributed by atoms with van der Waals surface area (Å²) in [5.41, 5.74) is 2.11. The first-order valence-corrected chi connectivity index (χ1v) is 10.5. The highest BCUT2D eigenvalue weighted by molar-refractivity contribution is 7.18. The maximum atomic E-state index is 11.6. The van der Waals surface area contributed by atoms with E-state index in [2.05, 4.69) is 23.1 Å². The summed E-state index contributed by atoms with van der Waals surface area (Å²) in [7, 11) is 0. The zero-order chi connectivity index (χ0) is 19.5. The zero-order valence-electron chi connectivity index (χ0n) is 15.9. The summed E-state index contributed by atoms with van der Waals surface area (Å²) in [5, 5.41) is 10.5. The quantitative estimate of drug-likeness (QED) is 0.661. The van der Waals surface area contributed by atoms with Gasteiger partial charge in [-0.3, -0.25) is 9.69 Å². The minimum atomic E-state index is -0.709. The van der Waals surface area contributed by atoms with Crippen LogP contribution >= 0.6 is 11.3 Å². The van der Waals surface area contributed by atoms with Gasteiger partial charge in [-0.1, -0.05) is 24.3 Å². The van der Waals surface area contributed by atoms with E-state index in [4.69, 9.17) is 9.72 Å². The Bertz CT molecular complexity index is 921. The Hall–Kier alpha value is -2.44. The van der Waals surface area contributed by atoms with Crippen LogP contribution in [0, 0.1) is 5.92 Å². The van der Waals surface area contributed by atoms with Crippen LogP contribution in [0.25, 0.3) is 10.2 Å². The number of nitrogens with zero attached hydrogens (tertiary/aromatic N) is 2. The van der Waals surface area contributed by atoms with Gasteiger partial charge in [0, 0.05) is 6.54 Å². The molecule has 2 heterocycles. The van der Waals surface area contributed by atoms with Crippen molar-refractivity contribution in [3.63, 3.8) is 0 Å². The van der Waals surface area contributed by atoms with Crippen LogP contribution in [0.3, 0.4) is 0 Å². The van der Waals surface area contributed by atoms with Gasteiger partial charge >= 0.3 is 5.97 Å². The molecule has 146 valence electrons. The van der Waals surface area contributed by atoms with E-state index in [1.165, 1.54) is 0 Å². The topological polar surface area (TPSA) is 62.7 Å². The van der Waals surface area contributed by atoms with E-state index < -0.39 is 5.97 Å². The molecule has 0 amide bonds. The molecule has 0 aliphatic carbocycles. The number of carboxylic acid groups (broad SMARTS) is 1. The third-order valence-electron chi connectivity index (χ3n) is 5.22. The third kappa shape index (κ3) is 3.88. The predicted octanol–water partition coefficient (Wildman–Crippen LogP) is 4.58. The van der Waals surface area contributed by atoms with Crippen molar-refractivity contribution < 1.29 is 14.6 Å². The number of likely N-dealkylation sites (tertiary alicyclic amines) is 1. The molecule has 1 N–H and O–H groups in total. The summed E-state index contributed by atoms with van der Waals surface area (Å²) in [5.74, 6) is -0.191. The molecule has 6 heteroatoms. The van der Waals surface area contributed by atoms with Gasteiger partial charge in [0.1, 0.15) is 10.8 Å². The second-order valence-electron chi connectivity index (χ2n) is 7.10. The van der Waals surface area contributed by atoms with Crippen LogP contribution in [0.5, 0.6) is 5.75 Å². The lowest BCUT2D eigenvalue weighted by Crippen LogP contribution is -2.41. The molecule has 0 radical (unpaired) electrons. The lowest BCUT2D eigenvalue weighted by Gasteiger charge is -2.36. The van der Waals surface area contributed by atoms with E-state index in [0.717, 1.165) is 45.9 Å². The number of rotatable bonds is 6. The molecule has 2 unspecified atom stereocenters. The van der Waals surface area contributed by atoms with Crippen molar-refractivity contribution in [3.05, 3.63) is 59.1 Å². The Labute approximate surface area is 168 Å². The normalized spacial score (nSPS) is 18.8. The summed E-state index contributed by atoms with van der Waals surface area (Å²) < 4.78 is 6.74. The monoisotopic (exact) mass is 396 g/mol. The zero-order valence-corrected chi connectivity index (χ0v) is 16.7. The highest BCUT2D eigenvalue weighted by Crippen LogP contribution is 2.37. The minimum Gasteiger partial charge on any atom is -0.494 e. The molecule has 4 rings (SSSR count). The number of aromatic nitrogens is 1. The summed E-state index contributed by atoms with van der Waals surface area (Å²) in [4.78, 5) is 18.8. The molecule has 5 nitrogen and oxygen atoms in total. The number of para-hydroxylation sites is 1. The number of carbonyl (C=O) groups is 1. The summed E-state index contributed by atoms with van der Waals surface area (Å²) in [6.45, 7) is 4.02. The molecule has 1 aliphatic rings. The first kappa shape index (κ1) is 18.9. The summed E-state index contributed by atoms with van der Waals surface area (Å²) in [6.07, 6.45) is 1.62. The Balaban J connectivity index is 1.72. The van der Waals surface area contributed by atoms with Crippen LogP contribution in [-0.2, 0) is 4.79 Å². The lowest BCUT2D eigenvalue weighted by atomic mass is 9.95. The Morgan fingerprint density at radius 2 is 2.07 bits per heavy atom. The Morgan fingerprint density at radius 1 is 1.29 bits per heavy atom. The second-order valence-corrected chi connectivity index (χ2v) is 8.16. The van der Waals surface area contributed by atoms with Crippen LogP contribution < -0.4 is 4.74 Å². The van der Waals surface area contributed by atoms with E-state index in [0.29, 0.717) is 13.2 Å². The maximum Gasteiger partial charge on any atom is 0.307 e. The van der Waals surface area contributed by atoms with Crippen molar-refractivity contribution in [3.8, 4) is 5.75 Å². The van der Waals surface area contributed by atoms with Gasteiger partial charge in [-0.15, -0.1) is 11.3 Å². The number of thiazole rings is 1. The summed E-state index contributed by atoms with van der Waals surface area (Å²) in [6, 6.07) is 16.2. The second kappa shape index (κ2) is 8.29. The highest BCUT2D eigenvalue weighted by Gasteiger charge is 2.32. The van der Waals surface area contributed by atoms with Gasteiger partial charge in [0.15, 0.2) is 0 Å². The first-order valence-electron chi connectivity index (χ1n) is 9.70. The maximum absolute atomic E-state index is 11.6. The molecule has 0 spiro atoms. The largest absolute Gasteiger partial charge is 0.494 e. The van der Waals surface area contributed by atoms with Crippen molar-refractivity contribution >= 4 is 27.5 Å². The molecule has 3 aromatic rings. The average molecular weight is 397 g/mol. The van der Waals surface area contributed by atoms with E-state index in [9.17, 15) is 9.90 Å². The molecule has 28 heavy (non-hydrogen) atoms. The Morgan fingerprint density at radius 3 is 2.79 bits per heavy atom. The lowest BCUT2D eigenvalue weighted by molar-refractivity contribution is -0.143. The average Bonchev–Trinajstić information content (AvgIpc) is 3.13. The molecule has 0 saturated carbocycles. The first-order chi connectivity index (χ1) is 13.7. The van der Waals surface area contributed by atoms with Gasteiger partial charge in [0.25, 0.3) is 0 Å². The number of aliphatic carboxylic acids is 1. The highest BCUT2D eigenvalue weighted by atomic mass is 32.1. The molecular formula is C22H24N2O3S. The van der Waals surface area contributed by atoms with Gasteiger partial charge in [-0.05, 0) is 56.1 Å². The van der Waals surface area contributed by atoms with Gasteiger partial charge in [0.05, 0.1) is 28.8 Å².